The Kier molecular flexibility index (Phi) is 3.80. The summed E-state index contributed by atoms with van der Waals surface area (Å²) in [4.78, 5) is 11.1. The second kappa shape index (κ2) is 5.52. The molecule has 1 aromatic carbocycles. The number of nitriles is 1. The van der Waals surface area contributed by atoms with E-state index in [0.29, 0.717) is 17.8 Å². The molecule has 2 rings (SSSR count). The largest absolute Gasteiger partial charge is 0.381 e. The van der Waals surface area contributed by atoms with Gasteiger partial charge in [0.25, 0.3) is 0 Å². The van der Waals surface area contributed by atoms with E-state index in [1.807, 2.05) is 0 Å². The molecule has 1 aliphatic rings. The summed E-state index contributed by atoms with van der Waals surface area (Å²) < 4.78 is 5.32. The number of amides is 1. The van der Waals surface area contributed by atoms with Crippen LogP contribution in [-0.2, 0) is 9.53 Å². The van der Waals surface area contributed by atoms with Gasteiger partial charge in [0.15, 0.2) is 0 Å². The number of ether oxygens (including phenoxy) is 1. The van der Waals surface area contributed by atoms with Gasteiger partial charge < -0.3 is 15.4 Å². The van der Waals surface area contributed by atoms with Crippen LogP contribution in [0.3, 0.4) is 0 Å². The van der Waals surface area contributed by atoms with E-state index in [1.165, 1.54) is 6.92 Å². The van der Waals surface area contributed by atoms with Crippen molar-refractivity contribution >= 4 is 17.3 Å². The molecule has 0 unspecified atom stereocenters. The Morgan fingerprint density at radius 2 is 2.33 bits per heavy atom. The van der Waals surface area contributed by atoms with Crippen molar-refractivity contribution in [2.24, 2.45) is 0 Å². The number of rotatable bonds is 4. The number of anilines is 2. The van der Waals surface area contributed by atoms with Crippen molar-refractivity contribution in [2.75, 3.05) is 23.8 Å². The Balaban J connectivity index is 2.10. The lowest BCUT2D eigenvalue weighted by Gasteiger charge is -2.27. The number of carbonyl (C=O) groups is 1. The van der Waals surface area contributed by atoms with Gasteiger partial charge in [-0.05, 0) is 24.6 Å². The van der Waals surface area contributed by atoms with Crippen LogP contribution in [0.4, 0.5) is 11.4 Å². The third kappa shape index (κ3) is 2.99. The van der Waals surface area contributed by atoms with Crippen molar-refractivity contribution < 1.29 is 9.53 Å². The van der Waals surface area contributed by atoms with Gasteiger partial charge in [-0.25, -0.2) is 0 Å². The fourth-order valence-corrected chi connectivity index (χ4v) is 1.73. The van der Waals surface area contributed by atoms with Crippen LogP contribution in [0.5, 0.6) is 0 Å². The lowest BCUT2D eigenvalue weighted by molar-refractivity contribution is -0.114. The quantitative estimate of drug-likeness (QED) is 0.847. The zero-order chi connectivity index (χ0) is 13.0. The normalized spacial score (nSPS) is 17.4. The highest BCUT2D eigenvalue weighted by Crippen LogP contribution is 2.24. The molecule has 1 heterocycles. The summed E-state index contributed by atoms with van der Waals surface area (Å²) in [5, 5.41) is 14.8. The Morgan fingerprint density at radius 1 is 1.56 bits per heavy atom. The molecule has 1 amide bonds. The summed E-state index contributed by atoms with van der Waals surface area (Å²) in [6.45, 7) is 2.97. The van der Waals surface area contributed by atoms with Crippen LogP contribution in [0.1, 0.15) is 18.9 Å². The maximum absolute atomic E-state index is 11.1. The van der Waals surface area contributed by atoms with Crippen LogP contribution in [-0.4, -0.2) is 25.2 Å². The topological polar surface area (TPSA) is 74.2 Å². The molecule has 0 radical (unpaired) electrons. The molecule has 5 nitrogen and oxygen atoms in total. The maximum Gasteiger partial charge on any atom is 0.221 e. The van der Waals surface area contributed by atoms with E-state index in [0.717, 1.165) is 18.7 Å². The number of nitrogens with one attached hydrogen (secondary N) is 2. The van der Waals surface area contributed by atoms with Crippen LogP contribution in [0.2, 0.25) is 0 Å². The molecule has 0 saturated carbocycles. The Morgan fingerprint density at radius 3 is 2.89 bits per heavy atom. The molecule has 1 saturated heterocycles. The van der Waals surface area contributed by atoms with Gasteiger partial charge in [0.2, 0.25) is 5.91 Å². The number of carbonyl (C=O) groups excluding carboxylic acids is 1. The smallest absolute Gasteiger partial charge is 0.221 e. The first kappa shape index (κ1) is 12.4. The molecule has 1 aliphatic heterocycles. The standard InChI is InChI=1S/C13H15N3O2/c1-9(17)16-13-6-10(7-14)2-3-12(13)15-8-11-4-5-18-11/h2-3,6,11,15H,4-5,8H2,1H3,(H,16,17)/t11-/m0/s1. The zero-order valence-electron chi connectivity index (χ0n) is 10.2. The van der Waals surface area contributed by atoms with Crippen molar-refractivity contribution in [1.82, 2.24) is 0 Å². The molecular weight excluding hydrogens is 230 g/mol. The van der Waals surface area contributed by atoms with E-state index in [1.54, 1.807) is 18.2 Å². The minimum atomic E-state index is -0.159. The van der Waals surface area contributed by atoms with E-state index in [9.17, 15) is 4.79 Å². The van der Waals surface area contributed by atoms with Gasteiger partial charge in [-0.3, -0.25) is 4.79 Å². The summed E-state index contributed by atoms with van der Waals surface area (Å²) >= 11 is 0. The van der Waals surface area contributed by atoms with Gasteiger partial charge >= 0.3 is 0 Å². The summed E-state index contributed by atoms with van der Waals surface area (Å²) in [5.41, 5.74) is 1.95. The van der Waals surface area contributed by atoms with Crippen LogP contribution in [0.15, 0.2) is 18.2 Å². The Hall–Kier alpha value is -2.06. The first-order valence-electron chi connectivity index (χ1n) is 5.86. The zero-order valence-corrected chi connectivity index (χ0v) is 10.2. The monoisotopic (exact) mass is 245 g/mol. The minimum absolute atomic E-state index is 0.159. The first-order valence-corrected chi connectivity index (χ1v) is 5.86. The van der Waals surface area contributed by atoms with Gasteiger partial charge in [0.1, 0.15) is 0 Å². The molecule has 0 spiro atoms. The van der Waals surface area contributed by atoms with Crippen molar-refractivity contribution in [3.05, 3.63) is 23.8 Å². The van der Waals surface area contributed by atoms with Crippen LogP contribution < -0.4 is 10.6 Å². The molecule has 0 aliphatic carbocycles. The van der Waals surface area contributed by atoms with Crippen molar-refractivity contribution in [3.8, 4) is 6.07 Å². The molecule has 1 aromatic rings. The molecule has 0 bridgehead atoms. The van der Waals surface area contributed by atoms with Crippen molar-refractivity contribution in [3.63, 3.8) is 0 Å². The van der Waals surface area contributed by atoms with Crippen molar-refractivity contribution in [1.29, 1.82) is 5.26 Å². The average Bonchev–Trinajstić information content (AvgIpc) is 2.28. The average molecular weight is 245 g/mol. The summed E-state index contributed by atoms with van der Waals surface area (Å²) in [7, 11) is 0. The number of hydrogen-bond acceptors (Lipinski definition) is 4. The molecule has 18 heavy (non-hydrogen) atoms. The fourth-order valence-electron chi connectivity index (χ4n) is 1.73. The maximum atomic E-state index is 11.1. The van der Waals surface area contributed by atoms with Gasteiger partial charge in [-0.2, -0.15) is 5.26 Å². The Labute approximate surface area is 106 Å². The van der Waals surface area contributed by atoms with Crippen LogP contribution in [0, 0.1) is 11.3 Å². The predicted octanol–water partition coefficient (Wildman–Crippen LogP) is 1.72. The first-order chi connectivity index (χ1) is 8.69. The Bertz CT molecular complexity index is 489. The molecule has 0 aromatic heterocycles. The van der Waals surface area contributed by atoms with Gasteiger partial charge in [0, 0.05) is 20.1 Å². The van der Waals surface area contributed by atoms with Gasteiger partial charge in [-0.15, -0.1) is 0 Å². The molecule has 94 valence electrons. The summed E-state index contributed by atoms with van der Waals surface area (Å²) in [6, 6.07) is 7.22. The molecule has 1 fully saturated rings. The third-order valence-electron chi connectivity index (χ3n) is 2.77. The van der Waals surface area contributed by atoms with E-state index in [4.69, 9.17) is 10.00 Å². The summed E-state index contributed by atoms with van der Waals surface area (Å²) in [6.07, 6.45) is 1.30. The summed E-state index contributed by atoms with van der Waals surface area (Å²) in [5.74, 6) is -0.159. The van der Waals surface area contributed by atoms with Gasteiger partial charge in [0.05, 0.1) is 29.1 Å². The van der Waals surface area contributed by atoms with Gasteiger partial charge in [-0.1, -0.05) is 0 Å². The molecule has 2 N–H and O–H groups in total. The van der Waals surface area contributed by atoms with E-state index in [2.05, 4.69) is 16.7 Å². The van der Waals surface area contributed by atoms with Crippen LogP contribution >= 0.6 is 0 Å². The molecule has 1 atom stereocenters. The second-order valence-electron chi connectivity index (χ2n) is 4.22. The second-order valence-corrected chi connectivity index (χ2v) is 4.22. The number of hydrogen-bond donors (Lipinski definition) is 2. The highest BCUT2D eigenvalue weighted by atomic mass is 16.5. The predicted molar refractivity (Wildman–Crippen MR) is 68.3 cm³/mol. The lowest BCUT2D eigenvalue weighted by Crippen LogP contribution is -2.33. The number of benzene rings is 1. The highest BCUT2D eigenvalue weighted by Gasteiger charge is 2.18. The lowest BCUT2D eigenvalue weighted by atomic mass is 10.1. The fraction of sp³-hybridized carbons (Fsp3) is 0.385. The van der Waals surface area contributed by atoms with Crippen molar-refractivity contribution in [2.45, 2.75) is 19.4 Å². The molecule has 5 heteroatoms. The number of nitrogens with zero attached hydrogens (tertiary/aromatic N) is 1. The highest BCUT2D eigenvalue weighted by molar-refractivity contribution is 5.92. The SMILES string of the molecule is CC(=O)Nc1cc(C#N)ccc1NC[C@@H]1CCO1. The van der Waals surface area contributed by atoms with E-state index >= 15 is 0 Å². The third-order valence-corrected chi connectivity index (χ3v) is 2.77. The van der Waals surface area contributed by atoms with Crippen LogP contribution in [0.25, 0.3) is 0 Å². The van der Waals surface area contributed by atoms with E-state index < -0.39 is 0 Å². The minimum Gasteiger partial charge on any atom is -0.381 e. The molecular formula is C13H15N3O2. The van der Waals surface area contributed by atoms with E-state index in [-0.39, 0.29) is 12.0 Å².